The molecule has 1 saturated heterocycles. The summed E-state index contributed by atoms with van der Waals surface area (Å²) < 4.78 is 32.5. The molecule has 9 nitrogen and oxygen atoms in total. The maximum Gasteiger partial charge on any atom is 0.354 e. The van der Waals surface area contributed by atoms with Gasteiger partial charge in [0.1, 0.15) is 28.6 Å². The molecule has 4 aromatic rings. The molecule has 1 aliphatic heterocycles. The van der Waals surface area contributed by atoms with Crippen molar-refractivity contribution in [2.75, 3.05) is 24.5 Å². The first-order valence-electron chi connectivity index (χ1n) is 12.3. The van der Waals surface area contributed by atoms with Crippen molar-refractivity contribution in [3.63, 3.8) is 0 Å². The lowest BCUT2D eigenvalue weighted by Gasteiger charge is -2.40. The molecule has 4 heterocycles. The number of hydrogen-bond donors (Lipinski definition) is 1. The molecule has 0 unspecified atom stereocenters. The molecule has 1 N–H and O–H groups in total. The Morgan fingerprint density at radius 1 is 1.15 bits per heavy atom. The summed E-state index contributed by atoms with van der Waals surface area (Å²) in [6.45, 7) is 9.91. The number of phenols is 1. The molecule has 0 aliphatic carbocycles. The molecule has 3 aromatic heterocycles. The first-order chi connectivity index (χ1) is 18.6. The second-order valence-corrected chi connectivity index (χ2v) is 9.52. The number of anilines is 1. The van der Waals surface area contributed by atoms with E-state index in [1.54, 1.807) is 31.1 Å². The molecule has 1 amide bonds. The Labute approximate surface area is 222 Å². The summed E-state index contributed by atoms with van der Waals surface area (Å²) in [7, 11) is 0. The highest BCUT2D eigenvalue weighted by Gasteiger charge is 2.31. The number of halogens is 2. The summed E-state index contributed by atoms with van der Waals surface area (Å²) in [5, 5.41) is 10.6. The number of aryl methyl sites for hydroxylation is 2. The summed E-state index contributed by atoms with van der Waals surface area (Å²) in [6, 6.07) is 3.36. The van der Waals surface area contributed by atoms with E-state index in [4.69, 9.17) is 0 Å². The molecular weight excluding hydrogens is 506 g/mol. The van der Waals surface area contributed by atoms with Gasteiger partial charge in [-0.1, -0.05) is 12.6 Å². The molecule has 0 radical (unpaired) electrons. The third-order valence-electron chi connectivity index (χ3n) is 6.97. The van der Waals surface area contributed by atoms with Gasteiger partial charge in [0, 0.05) is 44.3 Å². The topological polar surface area (TPSA) is 104 Å². The van der Waals surface area contributed by atoms with Gasteiger partial charge in [0.25, 0.3) is 0 Å². The van der Waals surface area contributed by atoms with Crippen LogP contribution in [0.15, 0.2) is 54.2 Å². The lowest BCUT2D eigenvalue weighted by Crippen LogP contribution is -2.54. The average Bonchev–Trinajstić information content (AvgIpc) is 2.90. The van der Waals surface area contributed by atoms with E-state index in [0.29, 0.717) is 36.4 Å². The van der Waals surface area contributed by atoms with E-state index in [2.05, 4.69) is 21.5 Å². The number of carbonyl (C=O) groups excluding carboxylic acids is 1. The quantitative estimate of drug-likeness (QED) is 0.400. The minimum atomic E-state index is -0.989. The van der Waals surface area contributed by atoms with Crippen LogP contribution in [-0.4, -0.2) is 61.1 Å². The summed E-state index contributed by atoms with van der Waals surface area (Å²) in [6.07, 6.45) is 5.68. The van der Waals surface area contributed by atoms with Crippen LogP contribution in [0.4, 0.5) is 14.6 Å². The van der Waals surface area contributed by atoms with Crippen LogP contribution in [0.1, 0.15) is 18.1 Å². The van der Waals surface area contributed by atoms with E-state index in [1.165, 1.54) is 24.4 Å². The van der Waals surface area contributed by atoms with Crippen LogP contribution in [0.25, 0.3) is 27.8 Å². The fourth-order valence-electron chi connectivity index (χ4n) is 5.15. The second-order valence-electron chi connectivity index (χ2n) is 9.52. The highest BCUT2D eigenvalue weighted by Crippen LogP contribution is 2.37. The number of carbonyl (C=O) groups is 1. The van der Waals surface area contributed by atoms with Crippen molar-refractivity contribution in [3.05, 3.63) is 82.7 Å². The van der Waals surface area contributed by atoms with Gasteiger partial charge in [0.2, 0.25) is 5.91 Å². The Hall–Kier alpha value is -4.67. The Balaban J connectivity index is 1.82. The zero-order valence-electron chi connectivity index (χ0n) is 21.7. The fourth-order valence-corrected chi connectivity index (χ4v) is 5.15. The molecular formula is C28H26F2N6O3. The second kappa shape index (κ2) is 9.90. The number of rotatable bonds is 4. The molecule has 11 heteroatoms. The number of benzene rings is 1. The largest absolute Gasteiger partial charge is 0.507 e. The molecule has 1 aromatic carbocycles. The van der Waals surface area contributed by atoms with Crippen LogP contribution in [0.3, 0.4) is 0 Å². The normalized spacial score (nSPS) is 15.6. The molecule has 5 rings (SSSR count). The zero-order chi connectivity index (χ0) is 28.0. The number of aromatic hydroxyl groups is 1. The third-order valence-corrected chi connectivity index (χ3v) is 6.97. The average molecular weight is 533 g/mol. The predicted octanol–water partition coefficient (Wildman–Crippen LogP) is 3.67. The highest BCUT2D eigenvalue weighted by molar-refractivity contribution is 5.94. The van der Waals surface area contributed by atoms with Gasteiger partial charge in [-0.2, -0.15) is 4.98 Å². The predicted molar refractivity (Wildman–Crippen MR) is 143 cm³/mol. The van der Waals surface area contributed by atoms with Crippen molar-refractivity contribution in [2.45, 2.75) is 26.8 Å². The molecule has 1 fully saturated rings. The summed E-state index contributed by atoms with van der Waals surface area (Å²) in [5.74, 6) is -2.35. The van der Waals surface area contributed by atoms with Crippen LogP contribution in [0.5, 0.6) is 5.75 Å². The molecule has 0 spiro atoms. The highest BCUT2D eigenvalue weighted by atomic mass is 19.1. The summed E-state index contributed by atoms with van der Waals surface area (Å²) in [5.41, 5.74) is -0.173. The van der Waals surface area contributed by atoms with Crippen molar-refractivity contribution in [1.29, 1.82) is 0 Å². The number of phenolic OH excluding ortho intramolecular Hbond substituents is 1. The van der Waals surface area contributed by atoms with E-state index in [9.17, 15) is 19.1 Å². The number of nitrogens with zero attached hydrogens (tertiary/aromatic N) is 6. The van der Waals surface area contributed by atoms with Gasteiger partial charge in [0.15, 0.2) is 5.82 Å². The first kappa shape index (κ1) is 26.0. The standard InChI is InChI=1S/C28H26F2N6O3/c1-5-21(38)34-9-10-35(17(4)14-34)27-18-13-32-24(22-19(29)7-6-8-20(22)37)23(30)26(18)36(28(39)33-27)25-15(2)11-31-12-16(25)3/h5-8,11-13,17,37H,1,9-10,14H2,2-4H3/t17-/m0/s1. The van der Waals surface area contributed by atoms with E-state index in [1.807, 2.05) is 11.8 Å². The number of piperazine rings is 1. The monoisotopic (exact) mass is 532 g/mol. The third kappa shape index (κ3) is 4.29. The van der Waals surface area contributed by atoms with Crippen molar-refractivity contribution in [1.82, 2.24) is 24.4 Å². The van der Waals surface area contributed by atoms with Gasteiger partial charge in [-0.3, -0.25) is 19.3 Å². The Morgan fingerprint density at radius 3 is 2.51 bits per heavy atom. The molecule has 0 bridgehead atoms. The molecule has 200 valence electrons. The smallest absolute Gasteiger partial charge is 0.354 e. The maximum atomic E-state index is 16.5. The molecule has 1 aliphatic rings. The lowest BCUT2D eigenvalue weighted by molar-refractivity contribution is -0.126. The van der Waals surface area contributed by atoms with Crippen molar-refractivity contribution in [3.8, 4) is 22.7 Å². The van der Waals surface area contributed by atoms with Gasteiger partial charge in [-0.25, -0.2) is 13.6 Å². The Kier molecular flexibility index (Phi) is 6.59. The first-order valence-corrected chi connectivity index (χ1v) is 12.3. The van der Waals surface area contributed by atoms with Crippen LogP contribution in [0, 0.1) is 25.5 Å². The number of pyridine rings is 2. The zero-order valence-corrected chi connectivity index (χ0v) is 21.7. The Bertz CT molecular complexity index is 1660. The molecule has 39 heavy (non-hydrogen) atoms. The summed E-state index contributed by atoms with van der Waals surface area (Å²) >= 11 is 0. The van der Waals surface area contributed by atoms with Crippen LogP contribution in [-0.2, 0) is 4.79 Å². The van der Waals surface area contributed by atoms with Crippen molar-refractivity contribution < 1.29 is 18.7 Å². The molecule has 0 saturated carbocycles. The number of fused-ring (bicyclic) bond motifs is 1. The van der Waals surface area contributed by atoms with Gasteiger partial charge >= 0.3 is 5.69 Å². The van der Waals surface area contributed by atoms with Crippen molar-refractivity contribution >= 4 is 22.6 Å². The van der Waals surface area contributed by atoms with E-state index in [0.717, 1.165) is 10.6 Å². The van der Waals surface area contributed by atoms with Crippen molar-refractivity contribution in [2.24, 2.45) is 0 Å². The van der Waals surface area contributed by atoms with E-state index >= 15 is 4.39 Å². The van der Waals surface area contributed by atoms with Gasteiger partial charge in [-0.15, -0.1) is 0 Å². The number of aromatic nitrogens is 4. The van der Waals surface area contributed by atoms with Gasteiger partial charge < -0.3 is 14.9 Å². The maximum absolute atomic E-state index is 16.5. The number of amides is 1. The number of hydrogen-bond acceptors (Lipinski definition) is 7. The molecule has 1 atom stereocenters. The SMILES string of the molecule is C=CC(=O)N1CCN(c2nc(=O)n(-c3c(C)cncc3C)c3c(F)c(-c4c(O)cccc4F)ncc23)[C@@H](C)C1. The minimum Gasteiger partial charge on any atom is -0.507 e. The van der Waals surface area contributed by atoms with E-state index < -0.39 is 34.3 Å². The van der Waals surface area contributed by atoms with Gasteiger partial charge in [-0.05, 0) is 50.1 Å². The van der Waals surface area contributed by atoms with Crippen LogP contribution in [0.2, 0.25) is 0 Å². The van der Waals surface area contributed by atoms with Crippen LogP contribution >= 0.6 is 0 Å². The van der Waals surface area contributed by atoms with E-state index in [-0.39, 0.29) is 28.7 Å². The van der Waals surface area contributed by atoms with Gasteiger partial charge in [0.05, 0.1) is 16.6 Å². The summed E-state index contributed by atoms with van der Waals surface area (Å²) in [4.78, 5) is 42.0. The Morgan fingerprint density at radius 2 is 1.87 bits per heavy atom. The fraction of sp³-hybridized carbons (Fsp3) is 0.250. The van der Waals surface area contributed by atoms with Crippen LogP contribution < -0.4 is 10.6 Å². The lowest BCUT2D eigenvalue weighted by atomic mass is 10.1. The minimum absolute atomic E-state index is 0.160.